The van der Waals surface area contributed by atoms with Crippen LogP contribution in [-0.4, -0.2) is 28.6 Å². The maximum Gasteiger partial charge on any atom is 0.299 e. The normalized spacial score (nSPS) is 18.9. The number of nitrogens with zero attached hydrogens (tertiary/aromatic N) is 3. The Morgan fingerprint density at radius 3 is 2.43 bits per heavy atom. The summed E-state index contributed by atoms with van der Waals surface area (Å²) in [6.45, 7) is 5.75. The van der Waals surface area contributed by atoms with Crippen molar-refractivity contribution in [2.45, 2.75) is 58.1 Å². The smallest absolute Gasteiger partial charge is 0.299 e. The van der Waals surface area contributed by atoms with E-state index in [4.69, 9.17) is 5.14 Å². The number of rotatable bonds is 6. The topological polar surface area (TPSA) is 143 Å². The first-order chi connectivity index (χ1) is 16.5. The fourth-order valence-corrected chi connectivity index (χ4v) is 5.53. The number of phenolic OH excluding ortho intramolecular Hbond substituents is 1. The molecule has 10 heteroatoms. The molecule has 1 saturated carbocycles. The highest BCUT2D eigenvalue weighted by Gasteiger charge is 2.29. The highest BCUT2D eigenvalue weighted by Crippen LogP contribution is 2.36. The first-order valence-electron chi connectivity index (χ1n) is 11.7. The molecular weight excluding hydrogens is 466 g/mol. The van der Waals surface area contributed by atoms with Gasteiger partial charge in [-0.25, -0.2) is 18.2 Å². The van der Waals surface area contributed by atoms with Crippen molar-refractivity contribution in [3.63, 3.8) is 0 Å². The Bertz CT molecular complexity index is 1430. The third-order valence-corrected chi connectivity index (χ3v) is 8.31. The number of aromatic amines is 1. The van der Waals surface area contributed by atoms with Gasteiger partial charge in [-0.05, 0) is 93.7 Å². The molecule has 0 atom stereocenters. The van der Waals surface area contributed by atoms with Crippen LogP contribution in [0.5, 0.6) is 5.75 Å². The van der Waals surface area contributed by atoms with Crippen molar-refractivity contribution in [1.29, 1.82) is 0 Å². The third kappa shape index (κ3) is 5.38. The SMILES string of the molecule is Cc1ccc(-n2[nH]c(C)c(N=Nc3cccc(CC4CCC(S(N)(=O)=O)CC4)c3O)c2=O)cc1C. The van der Waals surface area contributed by atoms with E-state index in [0.717, 1.165) is 29.5 Å². The summed E-state index contributed by atoms with van der Waals surface area (Å²) in [5.74, 6) is 0.274. The first-order valence-corrected chi connectivity index (χ1v) is 13.3. The lowest BCUT2D eigenvalue weighted by atomic mass is 9.84. The lowest BCUT2D eigenvalue weighted by Gasteiger charge is -2.27. The van der Waals surface area contributed by atoms with Crippen LogP contribution in [0.2, 0.25) is 0 Å². The van der Waals surface area contributed by atoms with Crippen LogP contribution >= 0.6 is 0 Å². The first kappa shape index (κ1) is 24.9. The van der Waals surface area contributed by atoms with Crippen molar-refractivity contribution < 1.29 is 13.5 Å². The number of nitrogens with two attached hydrogens (primary N) is 1. The Kier molecular flexibility index (Phi) is 6.95. The summed E-state index contributed by atoms with van der Waals surface area (Å²) in [4.78, 5) is 13.0. The molecule has 0 radical (unpaired) electrons. The minimum absolute atomic E-state index is 0.0208. The van der Waals surface area contributed by atoms with Gasteiger partial charge in [-0.15, -0.1) is 10.2 Å². The number of aryl methyl sites for hydroxylation is 3. The van der Waals surface area contributed by atoms with Gasteiger partial charge in [0.25, 0.3) is 5.56 Å². The van der Waals surface area contributed by atoms with E-state index in [1.54, 1.807) is 19.1 Å². The fourth-order valence-electron chi connectivity index (χ4n) is 4.60. The number of aromatic nitrogens is 2. The predicted molar refractivity (Wildman–Crippen MR) is 135 cm³/mol. The van der Waals surface area contributed by atoms with Gasteiger partial charge in [0, 0.05) is 0 Å². The molecule has 0 saturated heterocycles. The van der Waals surface area contributed by atoms with Crippen LogP contribution in [0, 0.1) is 26.7 Å². The Morgan fingerprint density at radius 1 is 1.06 bits per heavy atom. The Hall–Kier alpha value is -3.24. The molecule has 1 aliphatic carbocycles. The standard InChI is InChI=1S/C25H31N5O4S/c1-15-7-10-20(13-16(15)2)30-25(32)23(17(3)29-30)28-27-22-6-4-5-19(24(22)31)14-18-8-11-21(12-9-18)35(26,33)34/h4-7,10,13,18,21,29,31H,8-9,11-12,14H2,1-3H3,(H2,26,33,34). The molecule has 4 N–H and O–H groups in total. The molecule has 0 unspecified atom stereocenters. The lowest BCUT2D eigenvalue weighted by molar-refractivity contribution is 0.350. The van der Waals surface area contributed by atoms with Crippen molar-refractivity contribution >= 4 is 21.4 Å². The van der Waals surface area contributed by atoms with Crippen LogP contribution < -0.4 is 10.7 Å². The zero-order valence-electron chi connectivity index (χ0n) is 20.2. The molecule has 4 rings (SSSR count). The van der Waals surface area contributed by atoms with E-state index < -0.39 is 15.3 Å². The number of hydrogen-bond donors (Lipinski definition) is 3. The van der Waals surface area contributed by atoms with Crippen molar-refractivity contribution in [2.24, 2.45) is 21.3 Å². The van der Waals surface area contributed by atoms with E-state index >= 15 is 0 Å². The van der Waals surface area contributed by atoms with Crippen molar-refractivity contribution in [3.05, 3.63) is 69.1 Å². The lowest BCUT2D eigenvalue weighted by Crippen LogP contribution is -2.32. The minimum Gasteiger partial charge on any atom is -0.505 e. The number of H-pyrrole nitrogens is 1. The summed E-state index contributed by atoms with van der Waals surface area (Å²) in [5, 5.41) is 27.0. The quantitative estimate of drug-likeness (QED) is 0.428. The molecule has 0 bridgehead atoms. The number of primary sulfonamides is 1. The molecule has 0 amide bonds. The summed E-state index contributed by atoms with van der Waals surface area (Å²) < 4.78 is 24.6. The number of hydrogen-bond acceptors (Lipinski definition) is 6. The highest BCUT2D eigenvalue weighted by atomic mass is 32.2. The molecule has 1 heterocycles. The van der Waals surface area contributed by atoms with Crippen LogP contribution in [0.15, 0.2) is 51.4 Å². The molecule has 9 nitrogen and oxygen atoms in total. The Labute approximate surface area is 204 Å². The number of para-hydroxylation sites is 1. The number of azo groups is 1. The molecule has 1 aromatic heterocycles. The van der Waals surface area contributed by atoms with Crippen LogP contribution in [0.25, 0.3) is 5.69 Å². The minimum atomic E-state index is -3.50. The summed E-state index contributed by atoms with van der Waals surface area (Å²) in [6, 6.07) is 11.0. The average Bonchev–Trinajstić information content (AvgIpc) is 3.09. The van der Waals surface area contributed by atoms with Gasteiger partial charge < -0.3 is 5.11 Å². The number of sulfonamides is 1. The molecular formula is C25H31N5O4S. The van der Waals surface area contributed by atoms with Gasteiger partial charge in [-0.2, -0.15) is 0 Å². The van der Waals surface area contributed by atoms with Crippen molar-refractivity contribution in [2.75, 3.05) is 0 Å². The second kappa shape index (κ2) is 9.79. The van der Waals surface area contributed by atoms with Gasteiger partial charge in [0.1, 0.15) is 11.4 Å². The molecule has 1 fully saturated rings. The maximum absolute atomic E-state index is 13.0. The zero-order chi connectivity index (χ0) is 25.3. The summed E-state index contributed by atoms with van der Waals surface area (Å²) >= 11 is 0. The summed E-state index contributed by atoms with van der Waals surface area (Å²) in [7, 11) is -3.50. The maximum atomic E-state index is 13.0. The van der Waals surface area contributed by atoms with E-state index in [1.165, 1.54) is 4.68 Å². The molecule has 35 heavy (non-hydrogen) atoms. The van der Waals surface area contributed by atoms with E-state index in [2.05, 4.69) is 15.3 Å². The Morgan fingerprint density at radius 2 is 1.77 bits per heavy atom. The molecule has 1 aliphatic rings. The fraction of sp³-hybridized carbons (Fsp3) is 0.400. The van der Waals surface area contributed by atoms with Crippen LogP contribution in [0.1, 0.15) is 48.1 Å². The molecule has 0 aliphatic heterocycles. The van der Waals surface area contributed by atoms with Gasteiger partial charge in [-0.3, -0.25) is 9.89 Å². The molecule has 2 aromatic carbocycles. The molecule has 186 valence electrons. The number of nitrogens with one attached hydrogen (secondary N) is 1. The second-order valence-electron chi connectivity index (χ2n) is 9.42. The van der Waals surface area contributed by atoms with E-state index in [0.29, 0.717) is 30.6 Å². The van der Waals surface area contributed by atoms with Crippen LogP contribution in [0.3, 0.4) is 0 Å². The number of phenols is 1. The van der Waals surface area contributed by atoms with Crippen LogP contribution in [-0.2, 0) is 16.4 Å². The number of benzene rings is 2. The van der Waals surface area contributed by atoms with Gasteiger partial charge >= 0.3 is 0 Å². The highest BCUT2D eigenvalue weighted by molar-refractivity contribution is 7.89. The van der Waals surface area contributed by atoms with E-state index in [9.17, 15) is 18.3 Å². The second-order valence-corrected chi connectivity index (χ2v) is 11.3. The summed E-state index contributed by atoms with van der Waals surface area (Å²) in [5.41, 5.74) is 4.34. The summed E-state index contributed by atoms with van der Waals surface area (Å²) in [6.07, 6.45) is 3.13. The van der Waals surface area contributed by atoms with Gasteiger partial charge in [0.05, 0.1) is 16.6 Å². The third-order valence-electron chi connectivity index (χ3n) is 6.91. The van der Waals surface area contributed by atoms with Gasteiger partial charge in [0.15, 0.2) is 5.69 Å². The van der Waals surface area contributed by atoms with Crippen molar-refractivity contribution in [1.82, 2.24) is 9.78 Å². The zero-order valence-corrected chi connectivity index (χ0v) is 21.0. The predicted octanol–water partition coefficient (Wildman–Crippen LogP) is 4.60. The van der Waals surface area contributed by atoms with E-state index in [1.807, 2.05) is 38.1 Å². The van der Waals surface area contributed by atoms with Crippen molar-refractivity contribution in [3.8, 4) is 11.4 Å². The molecule has 0 spiro atoms. The van der Waals surface area contributed by atoms with Gasteiger partial charge in [-0.1, -0.05) is 18.2 Å². The van der Waals surface area contributed by atoms with E-state index in [-0.39, 0.29) is 28.6 Å². The monoisotopic (exact) mass is 497 g/mol. The number of aromatic hydroxyl groups is 1. The average molecular weight is 498 g/mol. The molecule has 3 aromatic rings. The van der Waals surface area contributed by atoms with Crippen LogP contribution in [0.4, 0.5) is 11.4 Å². The largest absolute Gasteiger partial charge is 0.505 e. The van der Waals surface area contributed by atoms with Gasteiger partial charge in [0.2, 0.25) is 10.0 Å². The Balaban J connectivity index is 1.53.